The predicted molar refractivity (Wildman–Crippen MR) is 74.5 cm³/mol. The van der Waals surface area contributed by atoms with Gasteiger partial charge in [0.2, 0.25) is 0 Å². The minimum Gasteiger partial charge on any atom is -0.355 e. The van der Waals surface area contributed by atoms with E-state index < -0.39 is 0 Å². The Morgan fingerprint density at radius 2 is 2.11 bits per heavy atom. The lowest BCUT2D eigenvalue weighted by molar-refractivity contribution is 0.400. The van der Waals surface area contributed by atoms with Gasteiger partial charge >= 0.3 is 0 Å². The van der Waals surface area contributed by atoms with Crippen LogP contribution < -0.4 is 10.2 Å². The van der Waals surface area contributed by atoms with E-state index in [1.54, 1.807) is 0 Å². The quantitative estimate of drug-likeness (QED) is 0.892. The summed E-state index contributed by atoms with van der Waals surface area (Å²) in [5.41, 5.74) is 3.72. The topological polar surface area (TPSA) is 28.2 Å². The van der Waals surface area contributed by atoms with Gasteiger partial charge in [0.15, 0.2) is 0 Å². The molecule has 0 radical (unpaired) electrons. The highest BCUT2D eigenvalue weighted by Crippen LogP contribution is 2.34. The number of benzene rings is 1. The summed E-state index contributed by atoms with van der Waals surface area (Å²) < 4.78 is 0. The Kier molecular flexibility index (Phi) is 2.99. The highest BCUT2D eigenvalue weighted by Gasteiger charge is 2.28. The van der Waals surface area contributed by atoms with Gasteiger partial charge in [0.05, 0.1) is 6.17 Å². The summed E-state index contributed by atoms with van der Waals surface area (Å²) in [6.07, 6.45) is 5.40. The SMILES string of the molecule is CNC1CCN1c1ccccc1-c1cccnc1. The van der Waals surface area contributed by atoms with Gasteiger partial charge < -0.3 is 10.2 Å². The normalized spacial score (nSPS) is 18.5. The maximum atomic E-state index is 4.21. The second-order valence-electron chi connectivity index (χ2n) is 4.55. The zero-order valence-corrected chi connectivity index (χ0v) is 10.5. The maximum absolute atomic E-state index is 4.21. The van der Waals surface area contributed by atoms with Crippen molar-refractivity contribution in [2.45, 2.75) is 12.6 Å². The summed E-state index contributed by atoms with van der Waals surface area (Å²) in [5, 5.41) is 3.34. The molecule has 0 aliphatic carbocycles. The number of rotatable bonds is 3. The molecule has 2 heterocycles. The van der Waals surface area contributed by atoms with Gasteiger partial charge in [-0.1, -0.05) is 24.3 Å². The second kappa shape index (κ2) is 4.78. The highest BCUT2D eigenvalue weighted by atomic mass is 15.3. The third-order valence-corrected chi connectivity index (χ3v) is 3.54. The van der Waals surface area contributed by atoms with Crippen molar-refractivity contribution in [2.75, 3.05) is 18.5 Å². The fraction of sp³-hybridized carbons (Fsp3) is 0.267. The Morgan fingerprint density at radius 1 is 1.22 bits per heavy atom. The molecule has 92 valence electrons. The third kappa shape index (κ3) is 1.87. The molecule has 1 N–H and O–H groups in total. The Bertz CT molecular complexity index is 522. The lowest BCUT2D eigenvalue weighted by Gasteiger charge is -2.43. The van der Waals surface area contributed by atoms with E-state index in [1.165, 1.54) is 23.2 Å². The van der Waals surface area contributed by atoms with Crippen molar-refractivity contribution in [2.24, 2.45) is 0 Å². The van der Waals surface area contributed by atoms with E-state index in [9.17, 15) is 0 Å². The largest absolute Gasteiger partial charge is 0.355 e. The van der Waals surface area contributed by atoms with Crippen molar-refractivity contribution in [3.63, 3.8) is 0 Å². The molecule has 1 unspecified atom stereocenters. The van der Waals surface area contributed by atoms with Crippen molar-refractivity contribution in [1.29, 1.82) is 0 Å². The van der Waals surface area contributed by atoms with Gasteiger partial charge in [-0.3, -0.25) is 4.98 Å². The molecule has 1 aromatic heterocycles. The first-order valence-electron chi connectivity index (χ1n) is 6.33. The van der Waals surface area contributed by atoms with E-state index in [0.717, 1.165) is 6.54 Å². The van der Waals surface area contributed by atoms with E-state index in [2.05, 4.69) is 45.5 Å². The van der Waals surface area contributed by atoms with Crippen LogP contribution in [0.4, 0.5) is 5.69 Å². The lowest BCUT2D eigenvalue weighted by atomic mass is 10.0. The molecule has 0 amide bonds. The number of pyridine rings is 1. The summed E-state index contributed by atoms with van der Waals surface area (Å²) in [6, 6.07) is 12.6. The minimum absolute atomic E-state index is 0.461. The lowest BCUT2D eigenvalue weighted by Crippen LogP contribution is -2.55. The molecule has 1 aliphatic rings. The van der Waals surface area contributed by atoms with Crippen LogP contribution in [0.2, 0.25) is 0 Å². The number of hydrogen-bond acceptors (Lipinski definition) is 3. The first kappa shape index (κ1) is 11.2. The monoisotopic (exact) mass is 239 g/mol. The number of nitrogens with one attached hydrogen (secondary N) is 1. The van der Waals surface area contributed by atoms with Gasteiger partial charge in [-0.15, -0.1) is 0 Å². The van der Waals surface area contributed by atoms with Crippen LogP contribution in [-0.4, -0.2) is 24.7 Å². The summed E-state index contributed by atoms with van der Waals surface area (Å²) in [5.74, 6) is 0. The minimum atomic E-state index is 0.461. The predicted octanol–water partition coefficient (Wildman–Crippen LogP) is 2.50. The maximum Gasteiger partial charge on any atom is 0.0810 e. The molecule has 18 heavy (non-hydrogen) atoms. The van der Waals surface area contributed by atoms with E-state index in [-0.39, 0.29) is 0 Å². The van der Waals surface area contributed by atoms with Crippen LogP contribution in [0.15, 0.2) is 48.8 Å². The number of para-hydroxylation sites is 1. The van der Waals surface area contributed by atoms with Crippen LogP contribution in [0, 0.1) is 0 Å². The van der Waals surface area contributed by atoms with Crippen LogP contribution in [0.3, 0.4) is 0 Å². The van der Waals surface area contributed by atoms with E-state index in [4.69, 9.17) is 0 Å². The number of anilines is 1. The van der Waals surface area contributed by atoms with Gasteiger partial charge in [0, 0.05) is 35.8 Å². The number of hydrogen-bond donors (Lipinski definition) is 1. The molecule has 1 aliphatic heterocycles. The van der Waals surface area contributed by atoms with E-state index >= 15 is 0 Å². The average molecular weight is 239 g/mol. The molecule has 1 aromatic carbocycles. The zero-order valence-electron chi connectivity index (χ0n) is 10.5. The van der Waals surface area contributed by atoms with Crippen LogP contribution in [-0.2, 0) is 0 Å². The third-order valence-electron chi connectivity index (χ3n) is 3.54. The Labute approximate surface area is 107 Å². The fourth-order valence-electron chi connectivity index (χ4n) is 2.47. The second-order valence-corrected chi connectivity index (χ2v) is 4.55. The van der Waals surface area contributed by atoms with Crippen molar-refractivity contribution in [3.05, 3.63) is 48.8 Å². The van der Waals surface area contributed by atoms with Crippen LogP contribution >= 0.6 is 0 Å². The molecular formula is C15H17N3. The standard InChI is InChI=1S/C15H17N3/c1-16-15-8-10-18(15)14-7-3-2-6-13(14)12-5-4-9-17-11-12/h2-7,9,11,15-16H,8,10H2,1H3. The summed E-state index contributed by atoms with van der Waals surface area (Å²) in [6.45, 7) is 1.11. The Balaban J connectivity index is 2.01. The molecule has 0 spiro atoms. The molecule has 3 rings (SSSR count). The van der Waals surface area contributed by atoms with Gasteiger partial charge in [0.25, 0.3) is 0 Å². The number of nitrogens with zero attached hydrogens (tertiary/aromatic N) is 2. The summed E-state index contributed by atoms with van der Waals surface area (Å²) in [7, 11) is 2.02. The van der Waals surface area contributed by atoms with Gasteiger partial charge in [-0.25, -0.2) is 0 Å². The van der Waals surface area contributed by atoms with Gasteiger partial charge in [-0.05, 0) is 25.6 Å². The first-order chi connectivity index (χ1) is 8.90. The van der Waals surface area contributed by atoms with Crippen LogP contribution in [0.1, 0.15) is 6.42 Å². The van der Waals surface area contributed by atoms with E-state index in [1.807, 2.05) is 25.5 Å². The molecule has 0 saturated carbocycles. The molecule has 0 bridgehead atoms. The molecular weight excluding hydrogens is 222 g/mol. The average Bonchev–Trinajstić information content (AvgIpc) is 2.40. The summed E-state index contributed by atoms with van der Waals surface area (Å²) >= 11 is 0. The molecule has 3 heteroatoms. The first-order valence-corrected chi connectivity index (χ1v) is 6.33. The highest BCUT2D eigenvalue weighted by molar-refractivity contribution is 5.78. The molecule has 1 fully saturated rings. The van der Waals surface area contributed by atoms with Crippen molar-refractivity contribution < 1.29 is 0 Å². The summed E-state index contributed by atoms with van der Waals surface area (Å²) in [4.78, 5) is 6.62. The van der Waals surface area contributed by atoms with Gasteiger partial charge in [-0.2, -0.15) is 0 Å². The van der Waals surface area contributed by atoms with Crippen molar-refractivity contribution in [1.82, 2.24) is 10.3 Å². The smallest absolute Gasteiger partial charge is 0.0810 e. The van der Waals surface area contributed by atoms with Crippen LogP contribution in [0.5, 0.6) is 0 Å². The van der Waals surface area contributed by atoms with Crippen LogP contribution in [0.25, 0.3) is 11.1 Å². The van der Waals surface area contributed by atoms with Gasteiger partial charge in [0.1, 0.15) is 0 Å². The molecule has 3 nitrogen and oxygen atoms in total. The molecule has 2 aromatic rings. The molecule has 1 saturated heterocycles. The Hall–Kier alpha value is -1.87. The number of aromatic nitrogens is 1. The molecule has 1 atom stereocenters. The van der Waals surface area contributed by atoms with Crippen molar-refractivity contribution >= 4 is 5.69 Å². The zero-order chi connectivity index (χ0) is 12.4. The fourth-order valence-corrected chi connectivity index (χ4v) is 2.47. The Morgan fingerprint density at radius 3 is 2.78 bits per heavy atom. The van der Waals surface area contributed by atoms with E-state index in [0.29, 0.717) is 6.17 Å². The van der Waals surface area contributed by atoms with Crippen molar-refractivity contribution in [3.8, 4) is 11.1 Å².